The highest BCUT2D eigenvalue weighted by Gasteiger charge is 2.28. The van der Waals surface area contributed by atoms with Gasteiger partial charge >= 0.3 is 5.97 Å². The van der Waals surface area contributed by atoms with Gasteiger partial charge in [-0.1, -0.05) is 29.8 Å². The van der Waals surface area contributed by atoms with Gasteiger partial charge in [-0.3, -0.25) is 0 Å². The lowest BCUT2D eigenvalue weighted by Crippen LogP contribution is -2.23. The monoisotopic (exact) mass is 370 g/mol. The number of benzene rings is 2. The van der Waals surface area contributed by atoms with Crippen molar-refractivity contribution in [2.75, 3.05) is 25.1 Å². The summed E-state index contributed by atoms with van der Waals surface area (Å²) in [6.45, 7) is 2.04. The molecule has 0 aromatic heterocycles. The van der Waals surface area contributed by atoms with E-state index >= 15 is 0 Å². The molecular formula is C20H19ClN2O3. The van der Waals surface area contributed by atoms with Crippen LogP contribution in [0.25, 0.3) is 0 Å². The van der Waals surface area contributed by atoms with Gasteiger partial charge in [0, 0.05) is 23.7 Å². The van der Waals surface area contributed by atoms with E-state index in [0.717, 1.165) is 16.0 Å². The van der Waals surface area contributed by atoms with Crippen LogP contribution in [0.2, 0.25) is 5.02 Å². The number of halogens is 1. The summed E-state index contributed by atoms with van der Waals surface area (Å²) in [6, 6.07) is 14.8. The second kappa shape index (κ2) is 7.62. The number of carbonyl (C=O) groups excluding carboxylic acids is 1. The summed E-state index contributed by atoms with van der Waals surface area (Å²) < 4.78 is 5.89. The molecule has 0 radical (unpaired) electrons. The molecular weight excluding hydrogens is 352 g/mol. The van der Waals surface area contributed by atoms with E-state index in [2.05, 4.69) is 0 Å². The lowest BCUT2D eigenvalue weighted by atomic mass is 10.0. The molecule has 0 saturated carbocycles. The van der Waals surface area contributed by atoms with Crippen molar-refractivity contribution >= 4 is 29.0 Å². The standard InChI is InChI=1S/C20H19ClN2O3/c1-3-26-19(24)12-16-13-23(25)20(14-7-5-4-6-8-14)17-11-15(21)9-10-18(17)22(16)2/h4-12H,3,13H2,1-2H3. The van der Waals surface area contributed by atoms with Gasteiger partial charge in [-0.05, 0) is 37.3 Å². The first-order chi connectivity index (χ1) is 12.5. The third-order valence-corrected chi connectivity index (χ3v) is 4.41. The summed E-state index contributed by atoms with van der Waals surface area (Å²) in [4.78, 5) is 13.7. The molecule has 3 rings (SSSR count). The summed E-state index contributed by atoms with van der Waals surface area (Å²) in [5, 5.41) is 13.5. The molecule has 0 amide bonds. The SMILES string of the molecule is CCOC(=O)C=C1C[N+]([O-])=C(c2ccccc2)c2cc(Cl)ccc2N1C. The number of hydrogen-bond donors (Lipinski definition) is 0. The predicted molar refractivity (Wildman–Crippen MR) is 103 cm³/mol. The smallest absolute Gasteiger partial charge is 0.332 e. The maximum atomic E-state index is 13.0. The Labute approximate surface area is 157 Å². The van der Waals surface area contributed by atoms with Gasteiger partial charge in [-0.2, -0.15) is 4.74 Å². The number of ether oxygens (including phenoxy) is 1. The zero-order valence-electron chi connectivity index (χ0n) is 14.6. The van der Waals surface area contributed by atoms with Crippen molar-refractivity contribution < 1.29 is 14.3 Å². The molecule has 1 aliphatic rings. The van der Waals surface area contributed by atoms with E-state index in [1.165, 1.54) is 6.08 Å². The first-order valence-corrected chi connectivity index (χ1v) is 8.67. The van der Waals surface area contributed by atoms with E-state index < -0.39 is 5.97 Å². The lowest BCUT2D eigenvalue weighted by Gasteiger charge is -2.20. The molecule has 1 heterocycles. The minimum absolute atomic E-state index is 0.0197. The minimum Gasteiger partial charge on any atom is -0.623 e. The highest BCUT2D eigenvalue weighted by atomic mass is 35.5. The number of nitrogens with zero attached hydrogens (tertiary/aromatic N) is 2. The topological polar surface area (TPSA) is 55.6 Å². The molecule has 0 spiro atoms. The first kappa shape index (κ1) is 18.0. The third-order valence-electron chi connectivity index (χ3n) is 4.18. The van der Waals surface area contributed by atoms with Gasteiger partial charge in [0.05, 0.1) is 23.6 Å². The van der Waals surface area contributed by atoms with Gasteiger partial charge in [0.2, 0.25) is 5.71 Å². The first-order valence-electron chi connectivity index (χ1n) is 8.29. The molecule has 5 nitrogen and oxygen atoms in total. The summed E-state index contributed by atoms with van der Waals surface area (Å²) in [6.07, 6.45) is 1.36. The minimum atomic E-state index is -0.471. The average Bonchev–Trinajstić information content (AvgIpc) is 2.71. The van der Waals surface area contributed by atoms with E-state index in [1.807, 2.05) is 48.3 Å². The molecule has 0 saturated heterocycles. The number of hydrogen-bond acceptors (Lipinski definition) is 4. The highest BCUT2D eigenvalue weighted by Crippen LogP contribution is 2.31. The van der Waals surface area contributed by atoms with Gasteiger partial charge in [0.15, 0.2) is 6.54 Å². The number of hydroxylamine groups is 1. The molecule has 0 aliphatic carbocycles. The summed E-state index contributed by atoms with van der Waals surface area (Å²) >= 11 is 6.20. The predicted octanol–water partition coefficient (Wildman–Crippen LogP) is 3.58. The third kappa shape index (κ3) is 3.58. The van der Waals surface area contributed by atoms with E-state index in [-0.39, 0.29) is 13.2 Å². The highest BCUT2D eigenvalue weighted by molar-refractivity contribution is 6.31. The summed E-state index contributed by atoms with van der Waals surface area (Å²) in [5.41, 5.74) is 3.36. The fourth-order valence-electron chi connectivity index (χ4n) is 2.97. The van der Waals surface area contributed by atoms with Gasteiger partial charge in [-0.15, -0.1) is 0 Å². The van der Waals surface area contributed by atoms with Crippen LogP contribution in [-0.2, 0) is 9.53 Å². The van der Waals surface area contributed by atoms with Gasteiger partial charge < -0.3 is 14.8 Å². The van der Waals surface area contributed by atoms with Crippen LogP contribution in [0.4, 0.5) is 5.69 Å². The Hall–Kier alpha value is -2.79. The Kier molecular flexibility index (Phi) is 5.28. The zero-order valence-corrected chi connectivity index (χ0v) is 15.4. The van der Waals surface area contributed by atoms with Crippen LogP contribution in [0.3, 0.4) is 0 Å². The van der Waals surface area contributed by atoms with Crippen LogP contribution < -0.4 is 4.90 Å². The second-order valence-electron chi connectivity index (χ2n) is 5.86. The fourth-order valence-corrected chi connectivity index (χ4v) is 3.14. The van der Waals surface area contributed by atoms with Crippen LogP contribution >= 0.6 is 11.6 Å². The number of anilines is 1. The van der Waals surface area contributed by atoms with Gasteiger partial charge in [-0.25, -0.2) is 4.79 Å². The van der Waals surface area contributed by atoms with Crippen LogP contribution in [0.1, 0.15) is 18.1 Å². The molecule has 6 heteroatoms. The van der Waals surface area contributed by atoms with E-state index in [0.29, 0.717) is 22.0 Å². The Balaban J connectivity index is 2.20. The second-order valence-corrected chi connectivity index (χ2v) is 6.30. The number of esters is 1. The molecule has 0 unspecified atom stereocenters. The van der Waals surface area contributed by atoms with E-state index in [9.17, 15) is 10.0 Å². The number of carbonyl (C=O) groups is 1. The van der Waals surface area contributed by atoms with Gasteiger partial charge in [0.1, 0.15) is 0 Å². The summed E-state index contributed by atoms with van der Waals surface area (Å²) in [7, 11) is 1.82. The van der Waals surface area contributed by atoms with Crippen molar-refractivity contribution in [3.05, 3.63) is 81.7 Å². The fraction of sp³-hybridized carbons (Fsp3) is 0.200. The van der Waals surface area contributed by atoms with Crippen molar-refractivity contribution in [2.24, 2.45) is 0 Å². The van der Waals surface area contributed by atoms with Crippen molar-refractivity contribution in [3.63, 3.8) is 0 Å². The Bertz CT molecular complexity index is 891. The maximum absolute atomic E-state index is 13.0. The van der Waals surface area contributed by atoms with Crippen LogP contribution in [0.15, 0.2) is 60.3 Å². The van der Waals surface area contributed by atoms with Gasteiger partial charge in [0.25, 0.3) is 0 Å². The molecule has 1 aliphatic heterocycles. The van der Waals surface area contributed by atoms with Crippen LogP contribution in [0.5, 0.6) is 0 Å². The van der Waals surface area contributed by atoms with E-state index in [1.54, 1.807) is 19.1 Å². The lowest BCUT2D eigenvalue weighted by molar-refractivity contribution is -0.447. The van der Waals surface area contributed by atoms with Crippen molar-refractivity contribution in [1.29, 1.82) is 0 Å². The Morgan fingerprint density at radius 3 is 2.73 bits per heavy atom. The Morgan fingerprint density at radius 2 is 2.04 bits per heavy atom. The summed E-state index contributed by atoms with van der Waals surface area (Å²) in [5.74, 6) is -0.471. The van der Waals surface area contributed by atoms with Crippen molar-refractivity contribution in [1.82, 2.24) is 0 Å². The molecule has 26 heavy (non-hydrogen) atoms. The normalized spacial score (nSPS) is 15.7. The quantitative estimate of drug-likeness (QED) is 0.358. The van der Waals surface area contributed by atoms with Crippen LogP contribution in [-0.4, -0.2) is 36.6 Å². The molecule has 0 fully saturated rings. The molecule has 0 N–H and O–H groups in total. The van der Waals surface area contributed by atoms with Crippen molar-refractivity contribution in [3.8, 4) is 0 Å². The molecule has 0 bridgehead atoms. The Morgan fingerprint density at radius 1 is 1.31 bits per heavy atom. The maximum Gasteiger partial charge on any atom is 0.332 e. The molecule has 2 aromatic rings. The van der Waals surface area contributed by atoms with Crippen LogP contribution in [0, 0.1) is 5.21 Å². The van der Waals surface area contributed by atoms with E-state index in [4.69, 9.17) is 16.3 Å². The number of likely N-dealkylation sites (N-methyl/N-ethyl adjacent to an activating group) is 1. The zero-order chi connectivity index (χ0) is 18.7. The number of fused-ring (bicyclic) bond motifs is 1. The number of rotatable bonds is 3. The number of benzodiazepines with no additional fused rings is 1. The molecule has 2 aromatic carbocycles. The average molecular weight is 371 g/mol. The molecule has 0 atom stereocenters. The van der Waals surface area contributed by atoms with Crippen molar-refractivity contribution in [2.45, 2.75) is 6.92 Å². The largest absolute Gasteiger partial charge is 0.623 e. The molecule has 134 valence electrons.